The van der Waals surface area contributed by atoms with Crippen LogP contribution in [0.25, 0.3) is 10.9 Å². The molecule has 0 unspecified atom stereocenters. The van der Waals surface area contributed by atoms with E-state index in [9.17, 15) is 0 Å². The lowest BCUT2D eigenvalue weighted by atomic mass is 10.1. The number of ether oxygens (including phenoxy) is 1. The number of fused-ring (bicyclic) bond motifs is 1. The molecule has 0 radical (unpaired) electrons. The molecular formula is C18H26N4O. The van der Waals surface area contributed by atoms with Gasteiger partial charge in [0.2, 0.25) is 0 Å². The minimum absolute atomic E-state index is 0.391. The third kappa shape index (κ3) is 3.98. The topological polar surface area (TPSA) is 64.3 Å². The second-order valence-corrected chi connectivity index (χ2v) is 6.22. The first-order valence-electron chi connectivity index (χ1n) is 8.56. The summed E-state index contributed by atoms with van der Waals surface area (Å²) < 4.78 is 5.84. The molecule has 0 saturated carbocycles. The molecule has 0 spiro atoms. The number of anilines is 1. The van der Waals surface area contributed by atoms with E-state index in [1.54, 1.807) is 0 Å². The van der Waals surface area contributed by atoms with Gasteiger partial charge in [0.1, 0.15) is 11.6 Å². The highest BCUT2D eigenvalue weighted by atomic mass is 16.5. The molecule has 0 aliphatic carbocycles. The molecule has 2 N–H and O–H groups in total. The summed E-state index contributed by atoms with van der Waals surface area (Å²) in [6.45, 7) is 2.41. The van der Waals surface area contributed by atoms with Crippen LogP contribution in [0.1, 0.15) is 31.5 Å². The van der Waals surface area contributed by atoms with Crippen molar-refractivity contribution >= 4 is 16.7 Å². The normalized spacial score (nSPS) is 18.3. The van der Waals surface area contributed by atoms with Gasteiger partial charge >= 0.3 is 0 Å². The van der Waals surface area contributed by atoms with Crippen LogP contribution in [0.3, 0.4) is 0 Å². The Kier molecular flexibility index (Phi) is 5.41. The number of para-hydroxylation sites is 1. The van der Waals surface area contributed by atoms with Crippen molar-refractivity contribution in [1.29, 1.82) is 0 Å². The molecule has 1 fully saturated rings. The van der Waals surface area contributed by atoms with Crippen molar-refractivity contribution in [2.24, 2.45) is 5.73 Å². The van der Waals surface area contributed by atoms with Crippen LogP contribution in [0.5, 0.6) is 0 Å². The van der Waals surface area contributed by atoms with Crippen molar-refractivity contribution in [3.63, 3.8) is 0 Å². The van der Waals surface area contributed by atoms with Crippen molar-refractivity contribution < 1.29 is 4.74 Å². The third-order valence-electron chi connectivity index (χ3n) is 4.42. The summed E-state index contributed by atoms with van der Waals surface area (Å²) in [6, 6.07) is 8.18. The van der Waals surface area contributed by atoms with Crippen LogP contribution >= 0.6 is 0 Å². The number of benzene rings is 1. The standard InChI is InChI=1S/C18H26N4O/c1-22(12-10-14-6-4-5-13-23-14)18-15-7-2-3-8-16(15)20-17(21-18)9-11-19/h2-3,7-8,14H,4-6,9-13,19H2,1H3/t14-/m0/s1. The smallest absolute Gasteiger partial charge is 0.139 e. The van der Waals surface area contributed by atoms with Gasteiger partial charge in [-0.1, -0.05) is 12.1 Å². The van der Waals surface area contributed by atoms with Crippen LogP contribution < -0.4 is 10.6 Å². The average molecular weight is 314 g/mol. The lowest BCUT2D eigenvalue weighted by Gasteiger charge is -2.26. The first-order chi connectivity index (χ1) is 11.3. The van der Waals surface area contributed by atoms with Gasteiger partial charge in [-0.25, -0.2) is 9.97 Å². The fourth-order valence-corrected chi connectivity index (χ4v) is 3.12. The minimum atomic E-state index is 0.391. The molecule has 1 aromatic heterocycles. The second kappa shape index (κ2) is 7.70. The zero-order chi connectivity index (χ0) is 16.1. The van der Waals surface area contributed by atoms with Gasteiger partial charge in [0.05, 0.1) is 11.6 Å². The highest BCUT2D eigenvalue weighted by molar-refractivity contribution is 5.89. The predicted octanol–water partition coefficient (Wildman–Crippen LogP) is 2.53. The van der Waals surface area contributed by atoms with E-state index in [1.807, 2.05) is 18.2 Å². The molecule has 2 heterocycles. The Morgan fingerprint density at radius 1 is 1.26 bits per heavy atom. The zero-order valence-electron chi connectivity index (χ0n) is 13.9. The van der Waals surface area contributed by atoms with E-state index in [1.165, 1.54) is 19.3 Å². The summed E-state index contributed by atoms with van der Waals surface area (Å²) >= 11 is 0. The summed E-state index contributed by atoms with van der Waals surface area (Å²) in [6.07, 6.45) is 5.80. The van der Waals surface area contributed by atoms with E-state index in [4.69, 9.17) is 15.5 Å². The maximum absolute atomic E-state index is 5.84. The van der Waals surface area contributed by atoms with E-state index in [2.05, 4.69) is 23.0 Å². The van der Waals surface area contributed by atoms with Gasteiger partial charge in [0.15, 0.2) is 0 Å². The number of nitrogens with zero attached hydrogens (tertiary/aromatic N) is 3. The molecule has 1 aliphatic heterocycles. The van der Waals surface area contributed by atoms with Crippen LogP contribution in [0.4, 0.5) is 5.82 Å². The van der Waals surface area contributed by atoms with E-state index in [0.29, 0.717) is 19.1 Å². The third-order valence-corrected chi connectivity index (χ3v) is 4.42. The Balaban J connectivity index is 1.78. The molecule has 5 heteroatoms. The molecule has 2 aromatic rings. The average Bonchev–Trinajstić information content (AvgIpc) is 2.60. The Hall–Kier alpha value is -1.72. The highest BCUT2D eigenvalue weighted by Gasteiger charge is 2.16. The molecule has 23 heavy (non-hydrogen) atoms. The number of aromatic nitrogens is 2. The molecule has 124 valence electrons. The van der Waals surface area contributed by atoms with E-state index >= 15 is 0 Å². The fraction of sp³-hybridized carbons (Fsp3) is 0.556. The molecule has 5 nitrogen and oxygen atoms in total. The summed E-state index contributed by atoms with van der Waals surface area (Å²) in [7, 11) is 2.10. The molecule has 1 saturated heterocycles. The van der Waals surface area contributed by atoms with Gasteiger partial charge in [-0.2, -0.15) is 0 Å². The molecule has 3 rings (SSSR count). The largest absolute Gasteiger partial charge is 0.378 e. The number of rotatable bonds is 6. The SMILES string of the molecule is CN(CC[C@@H]1CCCCO1)c1nc(CCN)nc2ccccc12. The first-order valence-corrected chi connectivity index (χ1v) is 8.56. The number of nitrogens with two attached hydrogens (primary N) is 1. The van der Waals surface area contributed by atoms with Crippen LogP contribution in [0.2, 0.25) is 0 Å². The van der Waals surface area contributed by atoms with E-state index in [0.717, 1.165) is 42.1 Å². The second-order valence-electron chi connectivity index (χ2n) is 6.22. The van der Waals surface area contributed by atoms with Crippen LogP contribution in [0.15, 0.2) is 24.3 Å². The van der Waals surface area contributed by atoms with Crippen LogP contribution in [-0.4, -0.2) is 42.8 Å². The van der Waals surface area contributed by atoms with Gasteiger partial charge in [-0.05, 0) is 44.4 Å². The van der Waals surface area contributed by atoms with Crippen molar-refractivity contribution in [2.45, 2.75) is 38.2 Å². The van der Waals surface area contributed by atoms with Crippen LogP contribution in [0, 0.1) is 0 Å². The molecule has 1 atom stereocenters. The van der Waals surface area contributed by atoms with Gasteiger partial charge in [-0.15, -0.1) is 0 Å². The Labute approximate surface area is 137 Å². The highest BCUT2D eigenvalue weighted by Crippen LogP contribution is 2.24. The Morgan fingerprint density at radius 3 is 2.91 bits per heavy atom. The van der Waals surface area contributed by atoms with Crippen molar-refractivity contribution in [1.82, 2.24) is 9.97 Å². The van der Waals surface area contributed by atoms with Crippen molar-refractivity contribution in [3.8, 4) is 0 Å². The molecule has 0 bridgehead atoms. The predicted molar refractivity (Wildman–Crippen MR) is 93.8 cm³/mol. The van der Waals surface area contributed by atoms with Crippen molar-refractivity contribution in [3.05, 3.63) is 30.1 Å². The quantitative estimate of drug-likeness (QED) is 0.887. The molecule has 1 aliphatic rings. The van der Waals surface area contributed by atoms with Crippen LogP contribution in [-0.2, 0) is 11.2 Å². The number of hydrogen-bond acceptors (Lipinski definition) is 5. The maximum atomic E-state index is 5.84. The lowest BCUT2D eigenvalue weighted by Crippen LogP contribution is -2.27. The van der Waals surface area contributed by atoms with E-state index < -0.39 is 0 Å². The lowest BCUT2D eigenvalue weighted by molar-refractivity contribution is 0.0127. The Morgan fingerprint density at radius 2 is 2.13 bits per heavy atom. The summed E-state index contributed by atoms with van der Waals surface area (Å²) in [4.78, 5) is 11.6. The Bertz CT molecular complexity index is 640. The van der Waals surface area contributed by atoms with Gasteiger partial charge in [0, 0.05) is 32.0 Å². The van der Waals surface area contributed by atoms with Gasteiger partial charge < -0.3 is 15.4 Å². The summed E-state index contributed by atoms with van der Waals surface area (Å²) in [5, 5.41) is 1.10. The molecule has 0 amide bonds. The zero-order valence-corrected chi connectivity index (χ0v) is 13.9. The molecule has 1 aromatic carbocycles. The summed E-state index contributed by atoms with van der Waals surface area (Å²) in [5.41, 5.74) is 6.66. The van der Waals surface area contributed by atoms with Gasteiger partial charge in [-0.3, -0.25) is 0 Å². The van der Waals surface area contributed by atoms with Gasteiger partial charge in [0.25, 0.3) is 0 Å². The van der Waals surface area contributed by atoms with E-state index in [-0.39, 0.29) is 0 Å². The summed E-state index contributed by atoms with van der Waals surface area (Å²) in [5.74, 6) is 1.82. The fourth-order valence-electron chi connectivity index (χ4n) is 3.12. The number of hydrogen-bond donors (Lipinski definition) is 1. The monoisotopic (exact) mass is 314 g/mol. The molecular weight excluding hydrogens is 288 g/mol. The van der Waals surface area contributed by atoms with Crippen molar-refractivity contribution in [2.75, 3.05) is 31.6 Å². The first kappa shape index (κ1) is 16.1. The maximum Gasteiger partial charge on any atom is 0.139 e. The minimum Gasteiger partial charge on any atom is -0.378 e.